The average Bonchev–Trinajstić information content (AvgIpc) is 2.69. The van der Waals surface area contributed by atoms with Gasteiger partial charge >= 0.3 is 0 Å². The predicted octanol–water partition coefficient (Wildman–Crippen LogP) is 2.03. The van der Waals surface area contributed by atoms with Gasteiger partial charge in [0.2, 0.25) is 5.91 Å². The molecule has 1 aromatic heterocycles. The van der Waals surface area contributed by atoms with Crippen molar-refractivity contribution in [2.75, 3.05) is 0 Å². The molecule has 1 aromatic rings. The van der Waals surface area contributed by atoms with Gasteiger partial charge in [-0.25, -0.2) is 4.79 Å². The van der Waals surface area contributed by atoms with E-state index in [-0.39, 0.29) is 11.9 Å². The maximum Gasteiger partial charge on any atom is 0.220 e. The quantitative estimate of drug-likeness (QED) is 0.849. The molecule has 1 amide bonds. The summed E-state index contributed by atoms with van der Waals surface area (Å²) in [5.74, 6) is 1.91. The summed E-state index contributed by atoms with van der Waals surface area (Å²) < 4.78 is 0.765. The molecule has 1 aliphatic carbocycles. The van der Waals surface area contributed by atoms with Crippen molar-refractivity contribution in [2.24, 2.45) is 0 Å². The number of amides is 1. The number of halogens is 1. The van der Waals surface area contributed by atoms with E-state index >= 15 is 0 Å². The molecule has 0 saturated heterocycles. The Hall–Kier alpha value is -1.45. The van der Waals surface area contributed by atoms with Crippen LogP contribution in [0.25, 0.3) is 5.57 Å². The smallest absolute Gasteiger partial charge is 0.220 e. The highest BCUT2D eigenvalue weighted by Crippen LogP contribution is 2.41. The van der Waals surface area contributed by atoms with Gasteiger partial charge in [-0.3, -0.25) is 9.78 Å². The Balaban J connectivity index is 2.41. The molecule has 0 radical (unpaired) electrons. The summed E-state index contributed by atoms with van der Waals surface area (Å²) >= 11 is 3.36. The molecule has 1 atom stereocenters. The molecule has 17 heavy (non-hydrogen) atoms. The largest absolute Gasteiger partial charge is 0.349 e. The molecular formula is C12H11BrN2O2. The zero-order valence-electron chi connectivity index (χ0n) is 9.29. The normalized spacial score (nSPS) is 17.5. The Morgan fingerprint density at radius 1 is 1.65 bits per heavy atom. The molecule has 0 spiro atoms. The lowest BCUT2D eigenvalue weighted by Gasteiger charge is -2.12. The van der Waals surface area contributed by atoms with Crippen LogP contribution in [0.15, 0.2) is 16.9 Å². The van der Waals surface area contributed by atoms with Crippen LogP contribution in [0.1, 0.15) is 36.9 Å². The van der Waals surface area contributed by atoms with Gasteiger partial charge in [0.1, 0.15) is 5.94 Å². The summed E-state index contributed by atoms with van der Waals surface area (Å²) in [6.45, 7) is 1.79. The van der Waals surface area contributed by atoms with Gasteiger partial charge in [-0.1, -0.05) is 6.92 Å². The highest BCUT2D eigenvalue weighted by atomic mass is 79.9. The number of carbonyl (C=O) groups excluding carboxylic acids is 2. The lowest BCUT2D eigenvalue weighted by atomic mass is 10.1. The van der Waals surface area contributed by atoms with Crippen molar-refractivity contribution in [1.29, 1.82) is 0 Å². The number of rotatable bonds is 2. The first-order valence-electron chi connectivity index (χ1n) is 5.34. The zero-order valence-corrected chi connectivity index (χ0v) is 10.9. The first kappa shape index (κ1) is 12.0. The maximum absolute atomic E-state index is 11.4. The molecular weight excluding hydrogens is 284 g/mol. The second kappa shape index (κ2) is 4.82. The number of fused-ring (bicyclic) bond motifs is 1. The Bertz CT molecular complexity index is 521. The molecule has 2 rings (SSSR count). The third kappa shape index (κ3) is 2.16. The van der Waals surface area contributed by atoms with Gasteiger partial charge in [0.15, 0.2) is 0 Å². The minimum atomic E-state index is -0.168. The Morgan fingerprint density at radius 3 is 3.06 bits per heavy atom. The third-order valence-corrected chi connectivity index (χ3v) is 3.40. The van der Waals surface area contributed by atoms with E-state index in [1.165, 1.54) is 0 Å². The van der Waals surface area contributed by atoms with Crippen LogP contribution in [0.3, 0.4) is 0 Å². The SMILES string of the molecule is CCC(=O)NC1CC(=C=O)c2c(Br)cncc21. The second-order valence-corrected chi connectivity index (χ2v) is 4.70. The van der Waals surface area contributed by atoms with E-state index in [1.807, 2.05) is 5.94 Å². The van der Waals surface area contributed by atoms with Crippen molar-refractivity contribution in [1.82, 2.24) is 10.3 Å². The van der Waals surface area contributed by atoms with Crippen molar-refractivity contribution in [3.8, 4) is 0 Å². The number of hydrogen-bond donors (Lipinski definition) is 1. The maximum atomic E-state index is 11.4. The molecule has 1 heterocycles. The van der Waals surface area contributed by atoms with Crippen LogP contribution in [0.4, 0.5) is 0 Å². The van der Waals surface area contributed by atoms with Crippen molar-refractivity contribution in [2.45, 2.75) is 25.8 Å². The number of nitrogens with one attached hydrogen (secondary N) is 1. The van der Waals surface area contributed by atoms with Crippen LogP contribution >= 0.6 is 15.9 Å². The van der Waals surface area contributed by atoms with Crippen LogP contribution in [-0.2, 0) is 9.59 Å². The van der Waals surface area contributed by atoms with Gasteiger partial charge in [-0.05, 0) is 15.9 Å². The Labute approximate surface area is 107 Å². The topological polar surface area (TPSA) is 59.1 Å². The van der Waals surface area contributed by atoms with Crippen LogP contribution in [-0.4, -0.2) is 16.8 Å². The highest BCUT2D eigenvalue weighted by Gasteiger charge is 2.30. The molecule has 1 aliphatic rings. The summed E-state index contributed by atoms with van der Waals surface area (Å²) in [4.78, 5) is 26.4. The summed E-state index contributed by atoms with van der Waals surface area (Å²) in [5, 5.41) is 2.88. The number of carbonyl (C=O) groups is 1. The fourth-order valence-corrected chi connectivity index (χ4v) is 2.55. The van der Waals surface area contributed by atoms with E-state index in [9.17, 15) is 9.59 Å². The lowest BCUT2D eigenvalue weighted by molar-refractivity contribution is -0.121. The standard InChI is InChI=1S/C12H11BrN2O2/c1-2-11(17)15-10-3-7(6-16)12-8(10)4-14-5-9(12)13/h4-5,10H,2-3H2,1H3,(H,15,17). The summed E-state index contributed by atoms with van der Waals surface area (Å²) in [7, 11) is 0. The lowest BCUT2D eigenvalue weighted by Crippen LogP contribution is -2.26. The van der Waals surface area contributed by atoms with Crippen molar-refractivity contribution < 1.29 is 9.59 Å². The average molecular weight is 295 g/mol. The fourth-order valence-electron chi connectivity index (χ4n) is 1.97. The van der Waals surface area contributed by atoms with Crippen LogP contribution in [0, 0.1) is 0 Å². The third-order valence-electron chi connectivity index (χ3n) is 2.79. The van der Waals surface area contributed by atoms with E-state index in [2.05, 4.69) is 26.2 Å². The summed E-state index contributed by atoms with van der Waals surface area (Å²) in [6.07, 6.45) is 4.23. The fraction of sp³-hybridized carbons (Fsp3) is 0.333. The van der Waals surface area contributed by atoms with Crippen molar-refractivity contribution in [3.63, 3.8) is 0 Å². The zero-order chi connectivity index (χ0) is 12.4. The van der Waals surface area contributed by atoms with Crippen LogP contribution in [0.2, 0.25) is 0 Å². The van der Waals surface area contributed by atoms with Gasteiger partial charge in [0.05, 0.1) is 6.04 Å². The molecule has 88 valence electrons. The molecule has 4 nitrogen and oxygen atoms in total. The molecule has 0 saturated carbocycles. The predicted molar refractivity (Wildman–Crippen MR) is 66.8 cm³/mol. The first-order chi connectivity index (χ1) is 8.17. The molecule has 0 aromatic carbocycles. The minimum Gasteiger partial charge on any atom is -0.349 e. The van der Waals surface area contributed by atoms with Crippen LogP contribution < -0.4 is 5.32 Å². The number of pyridine rings is 1. The van der Waals surface area contributed by atoms with E-state index in [1.54, 1.807) is 19.3 Å². The highest BCUT2D eigenvalue weighted by molar-refractivity contribution is 9.10. The van der Waals surface area contributed by atoms with Crippen molar-refractivity contribution in [3.05, 3.63) is 28.0 Å². The minimum absolute atomic E-state index is 0.0342. The second-order valence-electron chi connectivity index (χ2n) is 3.84. The molecule has 0 aliphatic heterocycles. The Morgan fingerprint density at radius 2 is 2.41 bits per heavy atom. The molecule has 0 fully saturated rings. The number of hydrogen-bond acceptors (Lipinski definition) is 3. The van der Waals surface area contributed by atoms with Gasteiger partial charge in [-0.15, -0.1) is 0 Å². The first-order valence-corrected chi connectivity index (χ1v) is 6.13. The van der Waals surface area contributed by atoms with E-state index < -0.39 is 0 Å². The van der Waals surface area contributed by atoms with Gasteiger partial charge in [-0.2, -0.15) is 0 Å². The monoisotopic (exact) mass is 294 g/mol. The Kier molecular flexibility index (Phi) is 3.41. The van der Waals surface area contributed by atoms with E-state index in [4.69, 9.17) is 0 Å². The van der Waals surface area contributed by atoms with Crippen molar-refractivity contribution >= 4 is 33.4 Å². The van der Waals surface area contributed by atoms with Gasteiger partial charge in [0.25, 0.3) is 0 Å². The van der Waals surface area contributed by atoms with Gasteiger partial charge in [0, 0.05) is 46.4 Å². The van der Waals surface area contributed by atoms with Gasteiger partial charge < -0.3 is 5.32 Å². The molecule has 1 unspecified atom stereocenters. The number of nitrogens with zero attached hydrogens (tertiary/aromatic N) is 1. The molecule has 5 heteroatoms. The summed E-state index contributed by atoms with van der Waals surface area (Å²) in [5.41, 5.74) is 2.27. The summed E-state index contributed by atoms with van der Waals surface area (Å²) in [6, 6.07) is -0.168. The number of aromatic nitrogens is 1. The van der Waals surface area contributed by atoms with E-state index in [0.717, 1.165) is 15.6 Å². The molecule has 1 N–H and O–H groups in total. The van der Waals surface area contributed by atoms with Crippen LogP contribution in [0.5, 0.6) is 0 Å². The van der Waals surface area contributed by atoms with E-state index in [0.29, 0.717) is 18.4 Å². The molecule has 0 bridgehead atoms.